The Kier molecular flexibility index (Phi) is 5.42. The van der Waals surface area contributed by atoms with Crippen LogP contribution >= 0.6 is 11.3 Å². The van der Waals surface area contributed by atoms with Crippen molar-refractivity contribution in [1.82, 2.24) is 4.98 Å². The number of carbonyl (C=O) groups excluding carboxylic acids is 1. The van der Waals surface area contributed by atoms with E-state index in [9.17, 15) is 9.00 Å². The molecule has 8 heteroatoms. The summed E-state index contributed by atoms with van der Waals surface area (Å²) >= 11 is 1.38. The lowest BCUT2D eigenvalue weighted by Gasteiger charge is -2.07. The van der Waals surface area contributed by atoms with Crippen LogP contribution in [0.4, 0.5) is 10.8 Å². The van der Waals surface area contributed by atoms with Crippen molar-refractivity contribution in [3.8, 4) is 5.75 Å². The Morgan fingerprint density at radius 2 is 1.84 bits per heavy atom. The van der Waals surface area contributed by atoms with Gasteiger partial charge in [-0.25, -0.2) is 9.19 Å². The van der Waals surface area contributed by atoms with Gasteiger partial charge in [0.25, 0.3) is 5.91 Å². The number of methoxy groups -OCH3 is 1. The molecular weight excluding hydrogens is 358 g/mol. The molecule has 2 N–H and O–H groups in total. The zero-order valence-corrected chi connectivity index (χ0v) is 14.9. The topological polar surface area (TPSA) is 80.3 Å². The number of nitrogens with zero attached hydrogens (tertiary/aromatic N) is 1. The van der Waals surface area contributed by atoms with Crippen LogP contribution < -0.4 is 14.8 Å². The molecule has 3 aromatic rings. The smallest absolute Gasteiger partial charge is 0.255 e. The zero-order chi connectivity index (χ0) is 17.6. The minimum atomic E-state index is -1.40. The number of anilines is 2. The number of aromatic nitrogens is 1. The molecule has 1 atom stereocenters. The Hall–Kier alpha value is -2.71. The second-order valence-electron chi connectivity index (χ2n) is 4.92. The lowest BCUT2D eigenvalue weighted by atomic mass is 10.2. The number of ether oxygens (including phenoxy) is 1. The third-order valence-electron chi connectivity index (χ3n) is 3.29. The highest BCUT2D eigenvalue weighted by atomic mass is 32.2. The summed E-state index contributed by atoms with van der Waals surface area (Å²) in [6, 6.07) is 13.6. The van der Waals surface area contributed by atoms with E-state index < -0.39 is 11.0 Å². The van der Waals surface area contributed by atoms with Crippen LogP contribution in [0.1, 0.15) is 10.4 Å². The van der Waals surface area contributed by atoms with Gasteiger partial charge in [-0.3, -0.25) is 9.52 Å². The fraction of sp³-hybridized carbons (Fsp3) is 0.0588. The van der Waals surface area contributed by atoms with Crippen LogP contribution in [0.25, 0.3) is 0 Å². The van der Waals surface area contributed by atoms with Gasteiger partial charge in [0, 0.05) is 22.8 Å². The van der Waals surface area contributed by atoms with E-state index in [1.807, 2.05) is 0 Å². The van der Waals surface area contributed by atoms with Crippen LogP contribution in [0.15, 0.2) is 65.0 Å². The van der Waals surface area contributed by atoms with Gasteiger partial charge in [-0.15, -0.1) is 11.3 Å². The van der Waals surface area contributed by atoms with Gasteiger partial charge >= 0.3 is 0 Å². The van der Waals surface area contributed by atoms with Crippen molar-refractivity contribution < 1.29 is 13.7 Å². The molecule has 0 saturated heterocycles. The first-order valence-electron chi connectivity index (χ1n) is 7.29. The van der Waals surface area contributed by atoms with E-state index in [2.05, 4.69) is 15.0 Å². The summed E-state index contributed by atoms with van der Waals surface area (Å²) in [6.07, 6.45) is 1.64. The summed E-state index contributed by atoms with van der Waals surface area (Å²) < 4.78 is 20.1. The van der Waals surface area contributed by atoms with Gasteiger partial charge in [-0.1, -0.05) is 0 Å². The van der Waals surface area contributed by atoms with Gasteiger partial charge in [-0.2, -0.15) is 0 Å². The molecule has 128 valence electrons. The van der Waals surface area contributed by atoms with Gasteiger partial charge in [0.15, 0.2) is 16.1 Å². The largest absolute Gasteiger partial charge is 0.497 e. The van der Waals surface area contributed by atoms with E-state index >= 15 is 0 Å². The summed E-state index contributed by atoms with van der Waals surface area (Å²) in [4.78, 5) is 16.8. The Balaban J connectivity index is 1.63. The van der Waals surface area contributed by atoms with Crippen molar-refractivity contribution in [3.63, 3.8) is 0 Å². The van der Waals surface area contributed by atoms with Gasteiger partial charge in [0.05, 0.1) is 12.0 Å². The van der Waals surface area contributed by atoms with Crippen LogP contribution in [0.3, 0.4) is 0 Å². The molecule has 0 saturated carbocycles. The first kappa shape index (κ1) is 17.1. The molecule has 1 amide bonds. The van der Waals surface area contributed by atoms with Crippen molar-refractivity contribution in [1.29, 1.82) is 0 Å². The van der Waals surface area contributed by atoms with Crippen molar-refractivity contribution >= 4 is 39.0 Å². The fourth-order valence-electron chi connectivity index (χ4n) is 2.02. The van der Waals surface area contributed by atoms with Crippen LogP contribution in [0.5, 0.6) is 5.75 Å². The van der Waals surface area contributed by atoms with Crippen molar-refractivity contribution in [2.75, 3.05) is 17.1 Å². The summed E-state index contributed by atoms with van der Waals surface area (Å²) in [5.41, 5.74) is 1.15. The van der Waals surface area contributed by atoms with Crippen LogP contribution in [0.2, 0.25) is 0 Å². The van der Waals surface area contributed by atoms with Crippen LogP contribution in [-0.2, 0) is 11.0 Å². The summed E-state index contributed by atoms with van der Waals surface area (Å²) in [6.45, 7) is 0. The maximum absolute atomic E-state index is 12.2. The molecule has 0 aliphatic carbocycles. The SMILES string of the molecule is COc1ccc(C(=O)Nc2ccc([S@@](=O)Nc3nccs3)cc2)cc1. The quantitative estimate of drug-likeness (QED) is 0.693. The maximum atomic E-state index is 12.2. The summed E-state index contributed by atoms with van der Waals surface area (Å²) in [7, 11) is 0.171. The number of rotatable bonds is 6. The van der Waals surface area contributed by atoms with E-state index in [1.165, 1.54) is 11.3 Å². The van der Waals surface area contributed by atoms with Gasteiger partial charge in [-0.05, 0) is 48.5 Å². The first-order valence-corrected chi connectivity index (χ1v) is 9.32. The molecule has 2 aromatic carbocycles. The minimum absolute atomic E-state index is 0.225. The number of thiazole rings is 1. The molecule has 6 nitrogen and oxygen atoms in total. The van der Waals surface area contributed by atoms with E-state index in [-0.39, 0.29) is 5.91 Å². The predicted octanol–water partition coefficient (Wildman–Crippen LogP) is 3.54. The Labute approximate surface area is 151 Å². The van der Waals surface area contributed by atoms with E-state index in [0.29, 0.717) is 27.0 Å². The highest BCUT2D eigenvalue weighted by molar-refractivity contribution is 7.86. The molecule has 0 unspecified atom stereocenters. The molecule has 1 aromatic heterocycles. The average Bonchev–Trinajstić information content (AvgIpc) is 3.15. The van der Waals surface area contributed by atoms with E-state index in [1.54, 1.807) is 67.2 Å². The Morgan fingerprint density at radius 3 is 2.44 bits per heavy atom. The first-order chi connectivity index (χ1) is 12.2. The van der Waals surface area contributed by atoms with Crippen molar-refractivity contribution in [2.45, 2.75) is 4.90 Å². The van der Waals surface area contributed by atoms with Crippen LogP contribution in [0, 0.1) is 0 Å². The van der Waals surface area contributed by atoms with Crippen molar-refractivity contribution in [3.05, 3.63) is 65.7 Å². The molecule has 0 aliphatic heterocycles. The zero-order valence-electron chi connectivity index (χ0n) is 13.3. The van der Waals surface area contributed by atoms with E-state index in [4.69, 9.17) is 4.74 Å². The third-order valence-corrected chi connectivity index (χ3v) is 5.19. The maximum Gasteiger partial charge on any atom is 0.255 e. The number of hydrogen-bond donors (Lipinski definition) is 2. The monoisotopic (exact) mass is 373 g/mol. The fourth-order valence-corrected chi connectivity index (χ4v) is 3.52. The molecule has 0 fully saturated rings. The van der Waals surface area contributed by atoms with Gasteiger partial charge in [0.2, 0.25) is 0 Å². The normalized spacial score (nSPS) is 11.6. The number of hydrogen-bond acceptors (Lipinski definition) is 5. The standard InChI is InChI=1S/C17H15N3O3S2/c1-23-14-6-2-12(3-7-14)16(21)19-13-4-8-15(9-5-13)25(22)20-17-18-10-11-24-17/h2-11H,1H3,(H,18,20)(H,19,21)/t25-/m1/s1. The van der Waals surface area contributed by atoms with Gasteiger partial charge in [0.1, 0.15) is 5.75 Å². The molecule has 0 aliphatic rings. The lowest BCUT2D eigenvalue weighted by Crippen LogP contribution is -2.12. The molecular formula is C17H15N3O3S2. The number of amides is 1. The number of nitrogens with one attached hydrogen (secondary N) is 2. The number of carbonyl (C=O) groups is 1. The second-order valence-corrected chi connectivity index (χ2v) is 7.02. The van der Waals surface area contributed by atoms with Crippen molar-refractivity contribution in [2.24, 2.45) is 0 Å². The molecule has 1 heterocycles. The van der Waals surface area contributed by atoms with E-state index in [0.717, 1.165) is 0 Å². The third kappa shape index (κ3) is 4.43. The average molecular weight is 373 g/mol. The molecule has 0 bridgehead atoms. The minimum Gasteiger partial charge on any atom is -0.497 e. The predicted molar refractivity (Wildman–Crippen MR) is 99.5 cm³/mol. The Bertz CT molecular complexity index is 863. The molecule has 3 rings (SSSR count). The number of benzene rings is 2. The molecule has 0 spiro atoms. The molecule has 25 heavy (non-hydrogen) atoms. The van der Waals surface area contributed by atoms with Gasteiger partial charge < -0.3 is 10.1 Å². The highest BCUT2D eigenvalue weighted by Crippen LogP contribution is 2.18. The summed E-state index contributed by atoms with van der Waals surface area (Å²) in [5.74, 6) is 0.466. The highest BCUT2D eigenvalue weighted by Gasteiger charge is 2.08. The summed E-state index contributed by atoms with van der Waals surface area (Å²) in [5, 5.41) is 5.19. The second kappa shape index (κ2) is 7.91. The lowest BCUT2D eigenvalue weighted by molar-refractivity contribution is 0.102. The molecule has 0 radical (unpaired) electrons. The Morgan fingerprint density at radius 1 is 1.12 bits per heavy atom. The van der Waals surface area contributed by atoms with Crippen LogP contribution in [-0.4, -0.2) is 22.2 Å².